The second-order valence-electron chi connectivity index (χ2n) is 7.61. The number of aryl methyl sites for hydroxylation is 1. The summed E-state index contributed by atoms with van der Waals surface area (Å²) in [5.74, 6) is 0.280. The van der Waals surface area contributed by atoms with Crippen molar-refractivity contribution in [1.29, 1.82) is 0 Å². The van der Waals surface area contributed by atoms with Gasteiger partial charge in [0.15, 0.2) is 0 Å². The fourth-order valence-corrected chi connectivity index (χ4v) is 3.15. The van der Waals surface area contributed by atoms with E-state index < -0.39 is 17.2 Å². The molecule has 2 amide bonds. The summed E-state index contributed by atoms with van der Waals surface area (Å²) < 4.78 is 10.9. The largest absolute Gasteiger partial charge is 0.490 e. The van der Waals surface area contributed by atoms with Crippen LogP contribution in [0.5, 0.6) is 5.75 Å². The van der Waals surface area contributed by atoms with E-state index in [0.717, 1.165) is 5.56 Å². The predicted molar refractivity (Wildman–Crippen MR) is 114 cm³/mol. The summed E-state index contributed by atoms with van der Waals surface area (Å²) in [6, 6.07) is 5.61. The van der Waals surface area contributed by atoms with Crippen LogP contribution >= 0.6 is 12.6 Å². The Morgan fingerprint density at radius 1 is 1.38 bits per heavy atom. The molecule has 0 saturated carbocycles. The van der Waals surface area contributed by atoms with Crippen molar-refractivity contribution in [3.8, 4) is 5.75 Å². The van der Waals surface area contributed by atoms with Crippen molar-refractivity contribution in [1.82, 2.24) is 15.5 Å². The van der Waals surface area contributed by atoms with Crippen molar-refractivity contribution in [3.05, 3.63) is 35.4 Å². The first kappa shape index (κ1) is 22.9. The number of carbonyl (C=O) groups is 2. The molecule has 0 bridgehead atoms. The molecule has 9 heteroatoms. The number of amides is 2. The van der Waals surface area contributed by atoms with Crippen LogP contribution in [0.3, 0.4) is 0 Å². The number of carbonyl (C=O) groups excluding carboxylic acids is 2. The standard InChI is InChI=1S/C20H29N3O5S/c1-13-5-6-16(27-10-9-24)14(11-13)15-12-17(25)22-18(29)23(15)8-7-21-19(26)28-20(2,3)4/h5-6,11-12,18,24,29H,7-10H2,1-4H3,(H,21,26)(H,22,25). The highest BCUT2D eigenvalue weighted by Crippen LogP contribution is 2.32. The van der Waals surface area contributed by atoms with Crippen molar-refractivity contribution in [2.75, 3.05) is 26.3 Å². The summed E-state index contributed by atoms with van der Waals surface area (Å²) in [5, 5.41) is 14.5. The fraction of sp³-hybridized carbons (Fsp3) is 0.500. The summed E-state index contributed by atoms with van der Waals surface area (Å²) in [7, 11) is 0. The third-order valence-electron chi connectivity index (χ3n) is 3.92. The zero-order chi connectivity index (χ0) is 21.6. The number of nitrogens with zero attached hydrogens (tertiary/aromatic N) is 1. The summed E-state index contributed by atoms with van der Waals surface area (Å²) in [5.41, 5.74) is 1.17. The van der Waals surface area contributed by atoms with E-state index in [4.69, 9.17) is 14.6 Å². The van der Waals surface area contributed by atoms with Crippen molar-refractivity contribution >= 4 is 30.3 Å². The van der Waals surface area contributed by atoms with Gasteiger partial charge in [-0.2, -0.15) is 0 Å². The van der Waals surface area contributed by atoms with Crippen LogP contribution in [0.15, 0.2) is 24.3 Å². The van der Waals surface area contributed by atoms with Gasteiger partial charge in [-0.15, -0.1) is 12.6 Å². The van der Waals surface area contributed by atoms with Gasteiger partial charge in [-0.3, -0.25) is 4.79 Å². The van der Waals surface area contributed by atoms with Crippen molar-refractivity contribution in [3.63, 3.8) is 0 Å². The summed E-state index contributed by atoms with van der Waals surface area (Å²) in [4.78, 5) is 25.9. The topological polar surface area (TPSA) is 100 Å². The number of aliphatic hydroxyl groups excluding tert-OH is 1. The summed E-state index contributed by atoms with van der Waals surface area (Å²) in [6.45, 7) is 8.01. The molecule has 1 unspecified atom stereocenters. The summed E-state index contributed by atoms with van der Waals surface area (Å²) in [6.07, 6.45) is 0.961. The molecule has 29 heavy (non-hydrogen) atoms. The van der Waals surface area contributed by atoms with Gasteiger partial charge in [-0.25, -0.2) is 4.79 Å². The van der Waals surface area contributed by atoms with Gasteiger partial charge in [-0.05, 0) is 39.8 Å². The monoisotopic (exact) mass is 423 g/mol. The Kier molecular flexibility index (Phi) is 7.80. The lowest BCUT2D eigenvalue weighted by atomic mass is 10.0. The van der Waals surface area contributed by atoms with Gasteiger partial charge >= 0.3 is 6.09 Å². The van der Waals surface area contributed by atoms with Crippen molar-refractivity contribution in [2.24, 2.45) is 0 Å². The quantitative estimate of drug-likeness (QED) is 0.500. The zero-order valence-electron chi connectivity index (χ0n) is 17.2. The third-order valence-corrected chi connectivity index (χ3v) is 4.33. The number of nitrogens with one attached hydrogen (secondary N) is 2. The normalized spacial score (nSPS) is 16.8. The molecule has 1 aliphatic rings. The van der Waals surface area contributed by atoms with Crippen molar-refractivity contribution < 1.29 is 24.2 Å². The smallest absolute Gasteiger partial charge is 0.407 e. The number of rotatable bonds is 7. The Morgan fingerprint density at radius 3 is 2.76 bits per heavy atom. The maximum atomic E-state index is 12.1. The van der Waals surface area contributed by atoms with Crippen molar-refractivity contribution in [2.45, 2.75) is 38.8 Å². The molecule has 1 aliphatic heterocycles. The van der Waals surface area contributed by atoms with E-state index in [1.807, 2.05) is 24.0 Å². The fourth-order valence-electron chi connectivity index (χ4n) is 2.78. The molecule has 1 heterocycles. The molecule has 160 valence electrons. The molecule has 8 nitrogen and oxygen atoms in total. The van der Waals surface area contributed by atoms with Crippen LogP contribution in [0.1, 0.15) is 31.9 Å². The van der Waals surface area contributed by atoms with Gasteiger partial charge < -0.3 is 30.1 Å². The van der Waals surface area contributed by atoms with Gasteiger partial charge in [0.05, 0.1) is 12.3 Å². The molecular weight excluding hydrogens is 394 g/mol. The highest BCUT2D eigenvalue weighted by Gasteiger charge is 2.28. The van der Waals surface area contributed by atoms with E-state index >= 15 is 0 Å². The van der Waals surface area contributed by atoms with Crippen LogP contribution in [0.2, 0.25) is 0 Å². The molecular formula is C20H29N3O5S. The Morgan fingerprint density at radius 2 is 2.10 bits per heavy atom. The molecule has 0 saturated heterocycles. The van der Waals surface area contributed by atoms with E-state index in [2.05, 4.69) is 23.3 Å². The van der Waals surface area contributed by atoms with Gasteiger partial charge in [0, 0.05) is 24.7 Å². The second kappa shape index (κ2) is 9.89. The first-order chi connectivity index (χ1) is 13.6. The Bertz CT molecular complexity index is 776. The second-order valence-corrected chi connectivity index (χ2v) is 8.09. The number of thiol groups is 1. The molecule has 2 rings (SSSR count). The van der Waals surface area contributed by atoms with Gasteiger partial charge in [0.1, 0.15) is 23.5 Å². The number of hydrogen-bond donors (Lipinski definition) is 4. The van der Waals surface area contributed by atoms with E-state index in [9.17, 15) is 9.59 Å². The van der Waals surface area contributed by atoms with E-state index in [0.29, 0.717) is 23.6 Å². The number of alkyl carbamates (subject to hydrolysis) is 1. The average Bonchev–Trinajstić information content (AvgIpc) is 2.60. The first-order valence-corrected chi connectivity index (χ1v) is 9.91. The minimum Gasteiger partial charge on any atom is -0.490 e. The lowest BCUT2D eigenvalue weighted by Crippen LogP contribution is -2.49. The Hall–Kier alpha value is -2.39. The van der Waals surface area contributed by atoms with Crippen LogP contribution in [0.4, 0.5) is 4.79 Å². The van der Waals surface area contributed by atoms with Gasteiger partial charge in [0.25, 0.3) is 0 Å². The number of hydrogen-bond acceptors (Lipinski definition) is 7. The Labute approximate surface area is 176 Å². The van der Waals surface area contributed by atoms with Gasteiger partial charge in [0.2, 0.25) is 5.91 Å². The molecule has 1 atom stereocenters. The minimum atomic E-state index is -0.583. The average molecular weight is 424 g/mol. The van der Waals surface area contributed by atoms with E-state index in [1.165, 1.54) is 6.08 Å². The van der Waals surface area contributed by atoms with E-state index in [-0.39, 0.29) is 25.7 Å². The number of ether oxygens (including phenoxy) is 2. The number of benzene rings is 1. The molecule has 0 aromatic heterocycles. The van der Waals surface area contributed by atoms with Crippen LogP contribution in [0, 0.1) is 6.92 Å². The maximum absolute atomic E-state index is 12.1. The SMILES string of the molecule is Cc1ccc(OCCO)c(C2=CC(=O)NC(S)N2CCNC(=O)OC(C)(C)C)c1. The molecule has 0 fully saturated rings. The molecule has 1 aromatic carbocycles. The molecule has 1 aromatic rings. The van der Waals surface area contributed by atoms with Crippen LogP contribution in [-0.4, -0.2) is 59.4 Å². The third kappa shape index (κ3) is 6.86. The molecule has 0 aliphatic carbocycles. The molecule has 0 radical (unpaired) electrons. The first-order valence-electron chi connectivity index (χ1n) is 9.39. The lowest BCUT2D eigenvalue weighted by Gasteiger charge is -2.36. The van der Waals surface area contributed by atoms with Crippen LogP contribution in [0.25, 0.3) is 5.70 Å². The summed E-state index contributed by atoms with van der Waals surface area (Å²) >= 11 is 4.48. The predicted octanol–water partition coefficient (Wildman–Crippen LogP) is 1.88. The lowest BCUT2D eigenvalue weighted by molar-refractivity contribution is -0.117. The zero-order valence-corrected chi connectivity index (χ0v) is 18.1. The molecule has 0 spiro atoms. The van der Waals surface area contributed by atoms with Crippen LogP contribution in [-0.2, 0) is 9.53 Å². The highest BCUT2D eigenvalue weighted by atomic mass is 32.1. The maximum Gasteiger partial charge on any atom is 0.407 e. The highest BCUT2D eigenvalue weighted by molar-refractivity contribution is 7.80. The Balaban J connectivity index is 2.21. The minimum absolute atomic E-state index is 0.119. The van der Waals surface area contributed by atoms with Crippen LogP contribution < -0.4 is 15.4 Å². The number of aliphatic hydroxyl groups is 1. The molecule has 3 N–H and O–H groups in total. The van der Waals surface area contributed by atoms with E-state index in [1.54, 1.807) is 26.8 Å². The van der Waals surface area contributed by atoms with Gasteiger partial charge in [-0.1, -0.05) is 11.6 Å².